The van der Waals surface area contributed by atoms with E-state index < -0.39 is 42.7 Å². The number of esters is 2. The summed E-state index contributed by atoms with van der Waals surface area (Å²) in [5, 5.41) is 2.35. The Morgan fingerprint density at radius 2 is 1.35 bits per heavy atom. The summed E-state index contributed by atoms with van der Waals surface area (Å²) in [7, 11) is 0. The molecule has 2 aromatic rings. The van der Waals surface area contributed by atoms with E-state index in [4.69, 9.17) is 14.2 Å². The van der Waals surface area contributed by atoms with Gasteiger partial charge < -0.3 is 19.5 Å². The van der Waals surface area contributed by atoms with Crippen molar-refractivity contribution in [3.8, 4) is 0 Å². The smallest absolute Gasteiger partial charge is 0.408 e. The molecule has 0 bridgehead atoms. The molecule has 0 saturated carbocycles. The van der Waals surface area contributed by atoms with Crippen molar-refractivity contribution in [2.45, 2.75) is 39.0 Å². The van der Waals surface area contributed by atoms with Crippen molar-refractivity contribution in [3.05, 3.63) is 71.8 Å². The number of amides is 1. The number of hydrogen-bond acceptors (Lipinski definition) is 7. The molecule has 8 nitrogen and oxygen atoms in total. The largest absolute Gasteiger partial charge is 0.466 e. The van der Waals surface area contributed by atoms with Crippen LogP contribution in [0.1, 0.15) is 30.9 Å². The van der Waals surface area contributed by atoms with E-state index in [2.05, 4.69) is 5.32 Å². The minimum atomic E-state index is -1.30. The van der Waals surface area contributed by atoms with Crippen molar-refractivity contribution in [2.75, 3.05) is 6.61 Å². The van der Waals surface area contributed by atoms with Crippen LogP contribution >= 0.6 is 0 Å². The molecule has 8 heteroatoms. The van der Waals surface area contributed by atoms with E-state index in [-0.39, 0.29) is 19.8 Å². The maximum atomic E-state index is 12.5. The van der Waals surface area contributed by atoms with Crippen molar-refractivity contribution in [1.82, 2.24) is 5.32 Å². The predicted molar refractivity (Wildman–Crippen MR) is 111 cm³/mol. The molecule has 1 atom stereocenters. The van der Waals surface area contributed by atoms with E-state index >= 15 is 0 Å². The molecule has 0 radical (unpaired) electrons. The zero-order chi connectivity index (χ0) is 22.5. The second-order valence-electron chi connectivity index (χ2n) is 6.58. The molecule has 0 heterocycles. The molecule has 0 aliphatic rings. The van der Waals surface area contributed by atoms with E-state index in [1.165, 1.54) is 0 Å². The lowest BCUT2D eigenvalue weighted by Gasteiger charge is -2.17. The first-order chi connectivity index (χ1) is 15.0. The summed E-state index contributed by atoms with van der Waals surface area (Å²) >= 11 is 0. The molecule has 2 rings (SSSR count). The zero-order valence-corrected chi connectivity index (χ0v) is 17.2. The third-order valence-electron chi connectivity index (χ3n) is 4.09. The van der Waals surface area contributed by atoms with E-state index in [1.807, 2.05) is 12.1 Å². The summed E-state index contributed by atoms with van der Waals surface area (Å²) in [6, 6.07) is 16.7. The Bertz CT molecular complexity index is 868. The highest BCUT2D eigenvalue weighted by atomic mass is 16.6. The maximum absolute atomic E-state index is 12.5. The van der Waals surface area contributed by atoms with Gasteiger partial charge in [-0.05, 0) is 18.1 Å². The average Bonchev–Trinajstić information content (AvgIpc) is 2.77. The van der Waals surface area contributed by atoms with Gasteiger partial charge in [-0.1, -0.05) is 60.7 Å². The van der Waals surface area contributed by atoms with Crippen LogP contribution in [0.25, 0.3) is 0 Å². The molecular formula is C23H25NO7. The highest BCUT2D eigenvalue weighted by Crippen LogP contribution is 2.07. The average molecular weight is 427 g/mol. The fourth-order valence-electron chi connectivity index (χ4n) is 2.60. The van der Waals surface area contributed by atoms with Gasteiger partial charge in [-0.3, -0.25) is 9.59 Å². The van der Waals surface area contributed by atoms with Crippen molar-refractivity contribution in [1.29, 1.82) is 0 Å². The summed E-state index contributed by atoms with van der Waals surface area (Å²) in [4.78, 5) is 48.4. The van der Waals surface area contributed by atoms with E-state index in [9.17, 15) is 19.2 Å². The number of nitrogens with one attached hydrogen (secondary N) is 1. The topological polar surface area (TPSA) is 108 Å². The second-order valence-corrected chi connectivity index (χ2v) is 6.58. The monoisotopic (exact) mass is 427 g/mol. The van der Waals surface area contributed by atoms with Crippen LogP contribution in [-0.4, -0.2) is 36.5 Å². The van der Waals surface area contributed by atoms with Gasteiger partial charge in [-0.2, -0.15) is 0 Å². The number of Topliss-reactive ketones (excluding diaryl/α,β-unsaturated/α-hetero) is 1. The lowest BCUT2D eigenvalue weighted by atomic mass is 10.1. The highest BCUT2D eigenvalue weighted by molar-refractivity contribution is 5.98. The Morgan fingerprint density at radius 1 is 0.806 bits per heavy atom. The molecule has 31 heavy (non-hydrogen) atoms. The Morgan fingerprint density at radius 3 is 1.90 bits per heavy atom. The van der Waals surface area contributed by atoms with Crippen molar-refractivity contribution < 1.29 is 33.4 Å². The second kappa shape index (κ2) is 12.8. The Kier molecular flexibility index (Phi) is 9.74. The number of hydrogen-bond donors (Lipinski definition) is 1. The Balaban J connectivity index is 1.96. The van der Waals surface area contributed by atoms with Gasteiger partial charge in [0, 0.05) is 6.42 Å². The summed E-state index contributed by atoms with van der Waals surface area (Å²) in [6.45, 7) is 1.73. The van der Waals surface area contributed by atoms with Crippen molar-refractivity contribution in [3.63, 3.8) is 0 Å². The van der Waals surface area contributed by atoms with E-state index in [0.717, 1.165) is 11.1 Å². The molecule has 1 unspecified atom stereocenters. The van der Waals surface area contributed by atoms with Crippen LogP contribution < -0.4 is 5.32 Å². The number of carbonyl (C=O) groups is 4. The Hall–Kier alpha value is -3.68. The number of carbonyl (C=O) groups excluding carboxylic acids is 4. The standard InChI is InChI=1S/C23H25NO7/c1-2-29-21(26)14-19(25)13-20(22(27)30-15-17-9-5-3-6-10-17)24-23(28)31-16-18-11-7-4-8-12-18/h3-12,20H,2,13-16H2,1H3,(H,24,28). The van der Waals surface area contributed by atoms with Crippen molar-refractivity contribution >= 4 is 23.8 Å². The fraction of sp³-hybridized carbons (Fsp3) is 0.304. The van der Waals surface area contributed by atoms with E-state index in [0.29, 0.717) is 0 Å². The van der Waals surface area contributed by atoms with Crippen LogP contribution in [0, 0.1) is 0 Å². The quantitative estimate of drug-likeness (QED) is 0.334. The van der Waals surface area contributed by atoms with Gasteiger partial charge in [-0.15, -0.1) is 0 Å². The molecular weight excluding hydrogens is 402 g/mol. The maximum Gasteiger partial charge on any atom is 0.408 e. The minimum absolute atomic E-state index is 0.00473. The first-order valence-corrected chi connectivity index (χ1v) is 9.83. The van der Waals surface area contributed by atoms with Gasteiger partial charge >= 0.3 is 18.0 Å². The van der Waals surface area contributed by atoms with Crippen LogP contribution in [0.3, 0.4) is 0 Å². The molecule has 0 aliphatic carbocycles. The van der Waals surface area contributed by atoms with Crippen LogP contribution in [0.4, 0.5) is 4.79 Å². The van der Waals surface area contributed by atoms with Gasteiger partial charge in [0.25, 0.3) is 0 Å². The van der Waals surface area contributed by atoms with Crippen molar-refractivity contribution in [2.24, 2.45) is 0 Å². The first-order valence-electron chi connectivity index (χ1n) is 9.83. The molecule has 1 amide bonds. The lowest BCUT2D eigenvalue weighted by Crippen LogP contribution is -2.43. The van der Waals surface area contributed by atoms with E-state index in [1.54, 1.807) is 55.5 Å². The molecule has 1 N–H and O–H groups in total. The number of benzene rings is 2. The molecule has 0 aliphatic heterocycles. The van der Waals surface area contributed by atoms with Crippen LogP contribution in [0.5, 0.6) is 0 Å². The number of rotatable bonds is 11. The van der Waals surface area contributed by atoms with Crippen LogP contribution in [0.15, 0.2) is 60.7 Å². The van der Waals surface area contributed by atoms with Gasteiger partial charge in [0.2, 0.25) is 0 Å². The SMILES string of the molecule is CCOC(=O)CC(=O)CC(NC(=O)OCc1ccccc1)C(=O)OCc1ccccc1. The zero-order valence-electron chi connectivity index (χ0n) is 17.2. The number of ether oxygens (including phenoxy) is 3. The molecule has 0 saturated heterocycles. The highest BCUT2D eigenvalue weighted by Gasteiger charge is 2.27. The fourth-order valence-corrected chi connectivity index (χ4v) is 2.60. The summed E-state index contributed by atoms with van der Waals surface area (Å²) < 4.78 is 15.1. The molecule has 164 valence electrons. The predicted octanol–water partition coefficient (Wildman–Crippen LogP) is 2.94. The summed E-state index contributed by atoms with van der Waals surface area (Å²) in [6.07, 6.45) is -1.81. The molecule has 0 aromatic heterocycles. The van der Waals surface area contributed by atoms with Crippen LogP contribution in [0.2, 0.25) is 0 Å². The number of alkyl carbamates (subject to hydrolysis) is 1. The van der Waals surface area contributed by atoms with Gasteiger partial charge in [0.05, 0.1) is 6.61 Å². The molecule has 2 aromatic carbocycles. The minimum Gasteiger partial charge on any atom is -0.466 e. The third-order valence-corrected chi connectivity index (χ3v) is 4.09. The lowest BCUT2D eigenvalue weighted by molar-refractivity contribution is -0.150. The normalized spacial score (nSPS) is 11.1. The summed E-state index contributed by atoms with van der Waals surface area (Å²) in [5.41, 5.74) is 1.51. The number of ketones is 1. The summed E-state index contributed by atoms with van der Waals surface area (Å²) in [5.74, 6) is -2.07. The third kappa shape index (κ3) is 9.12. The van der Waals surface area contributed by atoms with Gasteiger partial charge in [0.1, 0.15) is 31.5 Å². The van der Waals surface area contributed by atoms with Crippen LogP contribution in [-0.2, 0) is 41.8 Å². The molecule has 0 spiro atoms. The van der Waals surface area contributed by atoms with Gasteiger partial charge in [0.15, 0.2) is 0 Å². The van der Waals surface area contributed by atoms with Gasteiger partial charge in [-0.25, -0.2) is 9.59 Å². The molecule has 0 fully saturated rings. The first kappa shape index (κ1) is 23.6. The Labute approximate surface area is 180 Å².